The van der Waals surface area contributed by atoms with Crippen LogP contribution in [0.3, 0.4) is 0 Å². The van der Waals surface area contributed by atoms with Crippen molar-refractivity contribution in [3.8, 4) is 28.6 Å². The smallest absolute Gasteiger partial charge is 0.309 e. The van der Waals surface area contributed by atoms with Crippen LogP contribution < -0.4 is 0 Å². The third-order valence-electron chi connectivity index (χ3n) is 10.5. The topological polar surface area (TPSA) is 38.0 Å². The van der Waals surface area contributed by atoms with Crippen LogP contribution in [0.5, 0.6) is 0 Å². The van der Waals surface area contributed by atoms with Crippen molar-refractivity contribution >= 4 is 49.3 Å². The average molecular weight is 715 g/mol. The van der Waals surface area contributed by atoms with Gasteiger partial charge in [-0.15, -0.1) is 0 Å². The Morgan fingerprint density at radius 1 is 0.556 bits per heavy atom. The third-order valence-corrected chi connectivity index (χ3v) is 10.5. The Balaban J connectivity index is 1.59. The fourth-order valence-electron chi connectivity index (χ4n) is 7.71. The molecule has 0 radical (unpaired) electrons. The van der Waals surface area contributed by atoms with Crippen LogP contribution in [0.4, 0.5) is 18.9 Å². The summed E-state index contributed by atoms with van der Waals surface area (Å²) in [7, 11) is 0. The van der Waals surface area contributed by atoms with Crippen molar-refractivity contribution in [2.75, 3.05) is 0 Å². The van der Waals surface area contributed by atoms with Crippen molar-refractivity contribution < 1.29 is 13.2 Å². The monoisotopic (exact) mass is 714 g/mol. The van der Waals surface area contributed by atoms with Gasteiger partial charge in [0.05, 0.1) is 51.6 Å². The molecule has 4 nitrogen and oxygen atoms in total. The maximum Gasteiger partial charge on any atom is 0.415 e. The SMILES string of the molecule is [C-]#[N+]c1cc(C(F)(F)F)ccc1-c1c(-n2c3ccccc3c3cc(C(C)(C)C)ccc32)cc(C#N)cc1-n1c2ccccc2c2cc(C(C)(C)C)ccc21. The highest BCUT2D eigenvalue weighted by Crippen LogP contribution is 2.47. The molecule has 0 atom stereocenters. The molecule has 0 amide bonds. The fraction of sp³-hybridized carbons (Fsp3) is 0.191. The fourth-order valence-corrected chi connectivity index (χ4v) is 7.71. The van der Waals surface area contributed by atoms with Crippen molar-refractivity contribution in [2.45, 2.75) is 58.5 Å². The molecule has 0 aliphatic carbocycles. The Morgan fingerprint density at radius 2 is 1.00 bits per heavy atom. The summed E-state index contributed by atoms with van der Waals surface area (Å²) in [5.41, 5.74) is 6.94. The van der Waals surface area contributed by atoms with Gasteiger partial charge >= 0.3 is 6.18 Å². The maximum atomic E-state index is 14.1. The Hall–Kier alpha value is -6.31. The summed E-state index contributed by atoms with van der Waals surface area (Å²) in [6.45, 7) is 21.2. The molecule has 2 heterocycles. The Morgan fingerprint density at radius 3 is 1.43 bits per heavy atom. The lowest BCUT2D eigenvalue weighted by Gasteiger charge is -2.23. The number of rotatable bonds is 3. The molecular formula is C47H37F3N4. The molecule has 2 aromatic heterocycles. The van der Waals surface area contributed by atoms with Gasteiger partial charge in [0.15, 0.2) is 5.69 Å². The number of fused-ring (bicyclic) bond motifs is 6. The molecule has 0 bridgehead atoms. The Bertz CT molecular complexity index is 2760. The molecule has 0 saturated heterocycles. The van der Waals surface area contributed by atoms with Gasteiger partial charge in [-0.2, -0.15) is 18.4 Å². The maximum absolute atomic E-state index is 14.1. The number of halogens is 3. The van der Waals surface area contributed by atoms with Gasteiger partial charge in [-0.25, -0.2) is 4.85 Å². The highest BCUT2D eigenvalue weighted by molar-refractivity contribution is 6.12. The van der Waals surface area contributed by atoms with Crippen molar-refractivity contribution in [2.24, 2.45) is 0 Å². The van der Waals surface area contributed by atoms with E-state index >= 15 is 0 Å². The molecule has 0 fully saturated rings. The number of benzene rings is 6. The van der Waals surface area contributed by atoms with E-state index in [1.54, 1.807) is 12.1 Å². The van der Waals surface area contributed by atoms with Crippen molar-refractivity contribution in [1.82, 2.24) is 9.13 Å². The first-order valence-corrected chi connectivity index (χ1v) is 17.9. The van der Waals surface area contributed by atoms with E-state index in [4.69, 9.17) is 6.57 Å². The van der Waals surface area contributed by atoms with Gasteiger partial charge in [0.2, 0.25) is 0 Å². The second-order valence-corrected chi connectivity index (χ2v) is 16.0. The van der Waals surface area contributed by atoms with Gasteiger partial charge < -0.3 is 9.13 Å². The van der Waals surface area contributed by atoms with Gasteiger partial charge in [-0.1, -0.05) is 102 Å². The Labute approximate surface area is 312 Å². The van der Waals surface area contributed by atoms with Gasteiger partial charge in [-0.3, -0.25) is 0 Å². The molecular weight excluding hydrogens is 678 g/mol. The molecule has 8 rings (SSSR count). The van der Waals surface area contributed by atoms with E-state index in [0.29, 0.717) is 28.1 Å². The average Bonchev–Trinajstić information content (AvgIpc) is 3.65. The van der Waals surface area contributed by atoms with Crippen LogP contribution in [0, 0.1) is 17.9 Å². The first kappa shape index (κ1) is 34.8. The predicted octanol–water partition coefficient (Wildman–Crippen LogP) is 13.6. The van der Waals surface area contributed by atoms with Crippen LogP contribution in [0.15, 0.2) is 115 Å². The van der Waals surface area contributed by atoms with E-state index in [9.17, 15) is 18.4 Å². The van der Waals surface area contributed by atoms with E-state index < -0.39 is 11.7 Å². The summed E-state index contributed by atoms with van der Waals surface area (Å²) in [6, 6.07) is 38.2. The van der Waals surface area contributed by atoms with E-state index in [1.807, 2.05) is 36.4 Å². The first-order valence-electron chi connectivity index (χ1n) is 17.9. The number of hydrogen-bond donors (Lipinski definition) is 0. The summed E-state index contributed by atoms with van der Waals surface area (Å²) in [4.78, 5) is 3.70. The Kier molecular flexibility index (Phi) is 7.80. The second-order valence-electron chi connectivity index (χ2n) is 16.0. The molecule has 8 aromatic rings. The lowest BCUT2D eigenvalue weighted by molar-refractivity contribution is -0.137. The summed E-state index contributed by atoms with van der Waals surface area (Å²) in [5.74, 6) is 0. The largest absolute Gasteiger partial charge is 0.415 e. The number of para-hydroxylation sites is 2. The molecule has 6 aromatic carbocycles. The first-order chi connectivity index (χ1) is 25.6. The molecule has 0 N–H and O–H groups in total. The van der Waals surface area contributed by atoms with Crippen LogP contribution in [-0.2, 0) is 17.0 Å². The van der Waals surface area contributed by atoms with Crippen molar-refractivity contribution in [1.29, 1.82) is 5.26 Å². The quantitative estimate of drug-likeness (QED) is 0.168. The zero-order valence-electron chi connectivity index (χ0n) is 30.9. The predicted molar refractivity (Wildman–Crippen MR) is 214 cm³/mol. The van der Waals surface area contributed by atoms with Crippen LogP contribution in [0.1, 0.15) is 63.8 Å². The lowest BCUT2D eigenvalue weighted by atomic mass is 9.86. The zero-order chi connectivity index (χ0) is 38.3. The molecule has 0 spiro atoms. The lowest BCUT2D eigenvalue weighted by Crippen LogP contribution is -2.11. The number of nitriles is 1. The van der Waals surface area contributed by atoms with Crippen LogP contribution in [0.25, 0.3) is 71.0 Å². The minimum Gasteiger partial charge on any atom is -0.309 e. The van der Waals surface area contributed by atoms with E-state index in [-0.39, 0.29) is 16.5 Å². The highest BCUT2D eigenvalue weighted by atomic mass is 19.4. The van der Waals surface area contributed by atoms with E-state index in [2.05, 4.69) is 110 Å². The number of alkyl halides is 3. The summed E-state index contributed by atoms with van der Waals surface area (Å²) >= 11 is 0. The minimum absolute atomic E-state index is 0.120. The summed E-state index contributed by atoms with van der Waals surface area (Å²) in [5, 5.41) is 14.7. The van der Waals surface area contributed by atoms with E-state index in [1.165, 1.54) is 6.07 Å². The van der Waals surface area contributed by atoms with Crippen molar-refractivity contribution in [3.05, 3.63) is 149 Å². The minimum atomic E-state index is -4.64. The highest BCUT2D eigenvalue weighted by Gasteiger charge is 2.32. The standard InChI is InChI=1S/C47H37F3N4/c1-45(2,3)29-17-20-40-35(24-29)32-12-8-10-14-38(32)53(40)42-22-28(27-51)23-43(44(42)34-19-16-31(47(48,49)50)26-37(34)52-7)54-39-15-11-9-13-33(39)36-25-30(46(4,5)6)18-21-41(36)54/h8-26H,1-6H3. The molecule has 266 valence electrons. The van der Waals surface area contributed by atoms with Crippen LogP contribution in [-0.4, -0.2) is 9.13 Å². The number of nitrogens with zero attached hydrogens (tertiary/aromatic N) is 4. The summed E-state index contributed by atoms with van der Waals surface area (Å²) < 4.78 is 46.6. The van der Waals surface area contributed by atoms with Gasteiger partial charge in [0, 0.05) is 32.7 Å². The zero-order valence-corrected chi connectivity index (χ0v) is 30.9. The van der Waals surface area contributed by atoms with E-state index in [0.717, 1.165) is 66.9 Å². The van der Waals surface area contributed by atoms with Crippen LogP contribution in [0.2, 0.25) is 0 Å². The molecule has 0 aliphatic rings. The molecule has 7 heteroatoms. The van der Waals surface area contributed by atoms with Gasteiger partial charge in [0.1, 0.15) is 0 Å². The molecule has 0 aliphatic heterocycles. The van der Waals surface area contributed by atoms with Crippen molar-refractivity contribution in [3.63, 3.8) is 0 Å². The number of hydrogen-bond acceptors (Lipinski definition) is 1. The van der Waals surface area contributed by atoms with Gasteiger partial charge in [-0.05, 0) is 82.1 Å². The summed E-state index contributed by atoms with van der Waals surface area (Å²) in [6.07, 6.45) is -4.64. The molecule has 54 heavy (non-hydrogen) atoms. The number of aromatic nitrogens is 2. The van der Waals surface area contributed by atoms with Gasteiger partial charge in [0.25, 0.3) is 0 Å². The van der Waals surface area contributed by atoms with Crippen LogP contribution >= 0.6 is 0 Å². The molecule has 0 saturated carbocycles. The third kappa shape index (κ3) is 5.51. The normalized spacial score (nSPS) is 12.5. The second kappa shape index (κ2) is 12.1. The molecule has 0 unspecified atom stereocenters.